The number of β-amino-alcohol motifs (C(OH)–C–C–N with tert-alkyl or cyclic N) is 1. The van der Waals surface area contributed by atoms with Crippen molar-refractivity contribution < 1.29 is 5.11 Å². The Morgan fingerprint density at radius 3 is 2.28 bits per heavy atom. The summed E-state index contributed by atoms with van der Waals surface area (Å²) in [5, 5.41) is 12.9. The van der Waals surface area contributed by atoms with E-state index < -0.39 is 0 Å². The molecule has 0 aromatic heterocycles. The highest BCUT2D eigenvalue weighted by atomic mass is 35.5. The Hall–Kier alpha value is 0.420. The van der Waals surface area contributed by atoms with Crippen molar-refractivity contribution in [3.05, 3.63) is 0 Å². The zero-order valence-corrected chi connectivity index (χ0v) is 13.0. The van der Waals surface area contributed by atoms with E-state index in [4.69, 9.17) is 0 Å². The standard InChI is InChI=1S/C12H25N3O.2ClH/c1-10(16)9-14-5-7-15(8-6-14)12-3-4-13-11(12)2;;/h10-13,16H,3-9H2,1-2H3;2*1H/t10-,11+,12+;;/m1../s1. The molecule has 18 heavy (non-hydrogen) atoms. The third kappa shape index (κ3) is 4.83. The topological polar surface area (TPSA) is 38.7 Å². The monoisotopic (exact) mass is 299 g/mol. The number of aliphatic hydroxyl groups excluding tert-OH is 1. The van der Waals surface area contributed by atoms with Crippen molar-refractivity contribution in [1.82, 2.24) is 15.1 Å². The average molecular weight is 300 g/mol. The highest BCUT2D eigenvalue weighted by Crippen LogP contribution is 2.16. The summed E-state index contributed by atoms with van der Waals surface area (Å²) in [6, 6.07) is 1.37. The van der Waals surface area contributed by atoms with Crippen molar-refractivity contribution >= 4 is 24.8 Å². The predicted molar refractivity (Wildman–Crippen MR) is 80.1 cm³/mol. The predicted octanol–water partition coefficient (Wildman–Crippen LogP) is 0.579. The molecule has 2 aliphatic heterocycles. The Morgan fingerprint density at radius 1 is 1.22 bits per heavy atom. The highest BCUT2D eigenvalue weighted by molar-refractivity contribution is 5.85. The number of nitrogens with zero attached hydrogens (tertiary/aromatic N) is 2. The first-order valence-electron chi connectivity index (χ1n) is 6.54. The fourth-order valence-corrected chi connectivity index (χ4v) is 2.99. The summed E-state index contributed by atoms with van der Waals surface area (Å²) in [7, 11) is 0. The average Bonchev–Trinajstić information content (AvgIpc) is 2.65. The Bertz CT molecular complexity index is 223. The lowest BCUT2D eigenvalue weighted by Crippen LogP contribution is -2.53. The second-order valence-electron chi connectivity index (χ2n) is 5.28. The largest absolute Gasteiger partial charge is 0.392 e. The molecule has 4 nitrogen and oxygen atoms in total. The van der Waals surface area contributed by atoms with E-state index in [1.165, 1.54) is 13.0 Å². The maximum atomic E-state index is 9.36. The molecule has 6 heteroatoms. The Kier molecular flexibility index (Phi) is 8.76. The fraction of sp³-hybridized carbons (Fsp3) is 1.00. The van der Waals surface area contributed by atoms with E-state index >= 15 is 0 Å². The summed E-state index contributed by atoms with van der Waals surface area (Å²) >= 11 is 0. The van der Waals surface area contributed by atoms with E-state index in [2.05, 4.69) is 22.0 Å². The summed E-state index contributed by atoms with van der Waals surface area (Å²) in [5.41, 5.74) is 0. The van der Waals surface area contributed by atoms with E-state index in [1.54, 1.807) is 0 Å². The Labute approximate surface area is 123 Å². The van der Waals surface area contributed by atoms with Gasteiger partial charge in [-0.05, 0) is 26.8 Å². The van der Waals surface area contributed by atoms with Crippen LogP contribution in [0.3, 0.4) is 0 Å². The molecule has 2 aliphatic rings. The SMILES string of the molecule is C[C@@H]1NCC[C@@H]1N1CCN(C[C@@H](C)O)CC1.Cl.Cl. The molecular weight excluding hydrogens is 273 g/mol. The van der Waals surface area contributed by atoms with Crippen LogP contribution in [0.25, 0.3) is 0 Å². The molecule has 110 valence electrons. The minimum Gasteiger partial charge on any atom is -0.392 e. The lowest BCUT2D eigenvalue weighted by atomic mass is 10.1. The minimum atomic E-state index is -0.196. The van der Waals surface area contributed by atoms with Crippen LogP contribution in [0, 0.1) is 0 Å². The number of aliphatic hydroxyl groups is 1. The van der Waals surface area contributed by atoms with Gasteiger partial charge in [0.05, 0.1) is 6.10 Å². The van der Waals surface area contributed by atoms with Crippen molar-refractivity contribution in [2.75, 3.05) is 39.3 Å². The van der Waals surface area contributed by atoms with Crippen LogP contribution in [-0.4, -0.2) is 72.4 Å². The van der Waals surface area contributed by atoms with Crippen LogP contribution in [0.5, 0.6) is 0 Å². The van der Waals surface area contributed by atoms with Crippen LogP contribution < -0.4 is 5.32 Å². The number of rotatable bonds is 3. The summed E-state index contributed by atoms with van der Waals surface area (Å²) in [5.74, 6) is 0. The van der Waals surface area contributed by atoms with Crippen LogP contribution in [0.2, 0.25) is 0 Å². The zero-order chi connectivity index (χ0) is 11.5. The molecule has 2 fully saturated rings. The molecule has 0 aliphatic carbocycles. The first-order valence-corrected chi connectivity index (χ1v) is 6.54. The fourth-order valence-electron chi connectivity index (χ4n) is 2.99. The Morgan fingerprint density at radius 2 is 1.83 bits per heavy atom. The van der Waals surface area contributed by atoms with Gasteiger partial charge in [-0.15, -0.1) is 24.8 Å². The van der Waals surface area contributed by atoms with Crippen LogP contribution in [0.1, 0.15) is 20.3 Å². The molecule has 2 saturated heterocycles. The smallest absolute Gasteiger partial charge is 0.0639 e. The molecule has 2 N–H and O–H groups in total. The molecule has 0 bridgehead atoms. The van der Waals surface area contributed by atoms with Crippen LogP contribution >= 0.6 is 24.8 Å². The zero-order valence-electron chi connectivity index (χ0n) is 11.3. The van der Waals surface area contributed by atoms with E-state index in [0.29, 0.717) is 6.04 Å². The third-order valence-corrected chi connectivity index (χ3v) is 3.88. The molecular formula is C12H27Cl2N3O. The van der Waals surface area contributed by atoms with E-state index in [0.717, 1.165) is 38.8 Å². The van der Waals surface area contributed by atoms with E-state index in [9.17, 15) is 5.11 Å². The molecule has 2 heterocycles. The van der Waals surface area contributed by atoms with Crippen LogP contribution in [0.15, 0.2) is 0 Å². The molecule has 0 spiro atoms. The molecule has 0 aromatic rings. The Balaban J connectivity index is 0.00000144. The van der Waals surface area contributed by atoms with Gasteiger partial charge in [0.15, 0.2) is 0 Å². The number of hydrogen-bond acceptors (Lipinski definition) is 4. The maximum absolute atomic E-state index is 9.36. The highest BCUT2D eigenvalue weighted by Gasteiger charge is 2.30. The summed E-state index contributed by atoms with van der Waals surface area (Å²) in [6.45, 7) is 10.7. The lowest BCUT2D eigenvalue weighted by Gasteiger charge is -2.39. The summed E-state index contributed by atoms with van der Waals surface area (Å²) in [4.78, 5) is 4.98. The quantitative estimate of drug-likeness (QED) is 0.800. The van der Waals surface area contributed by atoms with Crippen molar-refractivity contribution in [1.29, 1.82) is 0 Å². The number of piperazine rings is 1. The van der Waals surface area contributed by atoms with E-state index in [1.807, 2.05) is 6.92 Å². The van der Waals surface area contributed by atoms with Gasteiger partial charge in [0.2, 0.25) is 0 Å². The van der Waals surface area contributed by atoms with Crippen molar-refractivity contribution in [2.24, 2.45) is 0 Å². The normalized spacial score (nSPS) is 31.5. The second kappa shape index (κ2) is 8.56. The van der Waals surface area contributed by atoms with Gasteiger partial charge >= 0.3 is 0 Å². The molecule has 0 amide bonds. The maximum Gasteiger partial charge on any atom is 0.0639 e. The first kappa shape index (κ1) is 18.4. The van der Waals surface area contributed by atoms with Gasteiger partial charge in [0.25, 0.3) is 0 Å². The second-order valence-corrected chi connectivity index (χ2v) is 5.28. The van der Waals surface area contributed by atoms with Gasteiger partial charge in [-0.2, -0.15) is 0 Å². The number of nitrogens with one attached hydrogen (secondary N) is 1. The van der Waals surface area contributed by atoms with Gasteiger partial charge in [-0.25, -0.2) is 0 Å². The molecule has 0 unspecified atom stereocenters. The third-order valence-electron chi connectivity index (χ3n) is 3.88. The molecule has 0 saturated carbocycles. The lowest BCUT2D eigenvalue weighted by molar-refractivity contribution is 0.0603. The first-order chi connectivity index (χ1) is 7.66. The van der Waals surface area contributed by atoms with Crippen molar-refractivity contribution in [3.63, 3.8) is 0 Å². The van der Waals surface area contributed by atoms with Gasteiger partial charge < -0.3 is 10.4 Å². The molecule has 0 aromatic carbocycles. The molecule has 0 radical (unpaired) electrons. The number of halogens is 2. The van der Waals surface area contributed by atoms with Crippen LogP contribution in [-0.2, 0) is 0 Å². The van der Waals surface area contributed by atoms with Gasteiger partial charge in [-0.3, -0.25) is 9.80 Å². The van der Waals surface area contributed by atoms with Gasteiger partial charge in [0, 0.05) is 44.8 Å². The summed E-state index contributed by atoms with van der Waals surface area (Å²) < 4.78 is 0. The van der Waals surface area contributed by atoms with Crippen LogP contribution in [0.4, 0.5) is 0 Å². The van der Waals surface area contributed by atoms with Gasteiger partial charge in [0.1, 0.15) is 0 Å². The van der Waals surface area contributed by atoms with E-state index in [-0.39, 0.29) is 30.9 Å². The van der Waals surface area contributed by atoms with Crippen molar-refractivity contribution in [2.45, 2.75) is 38.5 Å². The number of hydrogen-bond donors (Lipinski definition) is 2. The molecule has 3 atom stereocenters. The van der Waals surface area contributed by atoms with Gasteiger partial charge in [-0.1, -0.05) is 0 Å². The minimum absolute atomic E-state index is 0. The molecule has 2 rings (SSSR count). The summed E-state index contributed by atoms with van der Waals surface area (Å²) in [6.07, 6.45) is 1.09. The van der Waals surface area contributed by atoms with Crippen molar-refractivity contribution in [3.8, 4) is 0 Å².